The zero-order valence-corrected chi connectivity index (χ0v) is 17.1. The van der Waals surface area contributed by atoms with Gasteiger partial charge >= 0.3 is 0 Å². The number of hydrogen-bond acceptors (Lipinski definition) is 5. The SMILES string of the molecule is COc1ccc2c3c1OC1C34CCN(CC3CC3)C(C2)[C@]42C=C[C@@]1(OC)C(=O)C2. The first-order chi connectivity index (χ1) is 14.1. The van der Waals surface area contributed by atoms with Crippen LogP contribution in [-0.4, -0.2) is 55.7 Å². The number of piperidine rings is 1. The molecule has 7 aliphatic rings. The Morgan fingerprint density at radius 2 is 2.10 bits per heavy atom. The van der Waals surface area contributed by atoms with Gasteiger partial charge in [-0.1, -0.05) is 12.1 Å². The molecule has 0 N–H and O–H groups in total. The van der Waals surface area contributed by atoms with Crippen LogP contribution in [-0.2, 0) is 21.4 Å². The quantitative estimate of drug-likeness (QED) is 0.736. The lowest BCUT2D eigenvalue weighted by Crippen LogP contribution is -2.79. The summed E-state index contributed by atoms with van der Waals surface area (Å²) in [5.74, 6) is 2.65. The fourth-order valence-corrected chi connectivity index (χ4v) is 7.67. The number of Topliss-reactive ketones (excluding diaryl/α,β-unsaturated/α-hetero) is 1. The van der Waals surface area contributed by atoms with E-state index >= 15 is 0 Å². The molecule has 0 amide bonds. The van der Waals surface area contributed by atoms with Crippen molar-refractivity contribution in [3.63, 3.8) is 0 Å². The molecule has 2 saturated carbocycles. The molecule has 4 bridgehead atoms. The van der Waals surface area contributed by atoms with Gasteiger partial charge in [0, 0.05) is 37.1 Å². The largest absolute Gasteiger partial charge is 0.493 e. The van der Waals surface area contributed by atoms with Gasteiger partial charge in [0.15, 0.2) is 22.9 Å². The lowest BCUT2D eigenvalue weighted by Gasteiger charge is -2.68. The van der Waals surface area contributed by atoms with E-state index in [2.05, 4.69) is 17.0 Å². The fraction of sp³-hybridized carbons (Fsp3) is 0.625. The molecule has 2 aliphatic heterocycles. The summed E-state index contributed by atoms with van der Waals surface area (Å²) in [5.41, 5.74) is 1.30. The maximum Gasteiger partial charge on any atom is 0.181 e. The molecule has 0 radical (unpaired) electrons. The molecule has 1 aromatic carbocycles. The predicted molar refractivity (Wildman–Crippen MR) is 106 cm³/mol. The second-order valence-electron chi connectivity index (χ2n) is 9.98. The van der Waals surface area contributed by atoms with Gasteiger partial charge in [0.1, 0.15) is 6.10 Å². The third kappa shape index (κ3) is 1.65. The van der Waals surface area contributed by atoms with Gasteiger partial charge in [0.2, 0.25) is 0 Å². The van der Waals surface area contributed by atoms with E-state index in [1.54, 1.807) is 14.2 Å². The topological polar surface area (TPSA) is 48.0 Å². The van der Waals surface area contributed by atoms with Crippen LogP contribution in [0.15, 0.2) is 24.3 Å². The third-order valence-electron chi connectivity index (χ3n) is 9.06. The van der Waals surface area contributed by atoms with Gasteiger partial charge in [-0.15, -0.1) is 0 Å². The molecule has 1 aromatic rings. The number of carbonyl (C=O) groups excluding carboxylic acids is 1. The molecule has 3 fully saturated rings. The Hall–Kier alpha value is -1.85. The van der Waals surface area contributed by atoms with E-state index in [9.17, 15) is 4.79 Å². The van der Waals surface area contributed by atoms with Gasteiger partial charge in [-0.2, -0.15) is 0 Å². The zero-order chi connectivity index (χ0) is 19.6. The van der Waals surface area contributed by atoms with E-state index in [1.165, 1.54) is 30.5 Å². The highest BCUT2D eigenvalue weighted by atomic mass is 16.6. The highest BCUT2D eigenvalue weighted by Crippen LogP contribution is 2.73. The van der Waals surface area contributed by atoms with Crippen LogP contribution >= 0.6 is 0 Å². The van der Waals surface area contributed by atoms with Crippen molar-refractivity contribution in [3.05, 3.63) is 35.4 Å². The van der Waals surface area contributed by atoms with Crippen molar-refractivity contribution in [2.45, 2.75) is 55.3 Å². The van der Waals surface area contributed by atoms with Crippen LogP contribution in [0.4, 0.5) is 0 Å². The first-order valence-corrected chi connectivity index (χ1v) is 11.0. The average molecular weight is 393 g/mol. The van der Waals surface area contributed by atoms with Crippen LogP contribution in [0.25, 0.3) is 0 Å². The van der Waals surface area contributed by atoms with Gasteiger partial charge < -0.3 is 14.2 Å². The Balaban J connectivity index is 1.52. The molecule has 2 spiro atoms. The van der Waals surface area contributed by atoms with Crippen molar-refractivity contribution in [2.75, 3.05) is 27.3 Å². The molecule has 8 rings (SSSR count). The number of carbonyl (C=O) groups is 1. The zero-order valence-electron chi connectivity index (χ0n) is 17.1. The Morgan fingerprint density at radius 1 is 1.24 bits per heavy atom. The van der Waals surface area contributed by atoms with Crippen LogP contribution in [0.1, 0.15) is 36.8 Å². The fourth-order valence-electron chi connectivity index (χ4n) is 7.67. The predicted octanol–water partition coefficient (Wildman–Crippen LogP) is 2.65. The second kappa shape index (κ2) is 5.06. The Kier molecular flexibility index (Phi) is 2.95. The smallest absolute Gasteiger partial charge is 0.181 e. The van der Waals surface area contributed by atoms with Crippen molar-refractivity contribution < 1.29 is 19.0 Å². The summed E-state index contributed by atoms with van der Waals surface area (Å²) in [6, 6.07) is 4.63. The highest BCUT2D eigenvalue weighted by molar-refractivity contribution is 5.96. The molecule has 3 unspecified atom stereocenters. The Bertz CT molecular complexity index is 983. The van der Waals surface area contributed by atoms with Gasteiger partial charge in [-0.05, 0) is 55.9 Å². The van der Waals surface area contributed by atoms with Gasteiger partial charge in [-0.3, -0.25) is 9.69 Å². The van der Waals surface area contributed by atoms with Crippen LogP contribution in [0.2, 0.25) is 0 Å². The maximum absolute atomic E-state index is 13.5. The van der Waals surface area contributed by atoms with E-state index in [0.717, 1.165) is 36.8 Å². The first-order valence-electron chi connectivity index (χ1n) is 11.0. The van der Waals surface area contributed by atoms with E-state index in [4.69, 9.17) is 14.2 Å². The number of benzene rings is 1. The van der Waals surface area contributed by atoms with Crippen LogP contribution < -0.4 is 9.47 Å². The third-order valence-corrected chi connectivity index (χ3v) is 9.06. The summed E-state index contributed by atoms with van der Waals surface area (Å²) < 4.78 is 18.4. The number of rotatable bonds is 4. The Labute approximate surface area is 171 Å². The van der Waals surface area contributed by atoms with E-state index < -0.39 is 5.60 Å². The van der Waals surface area contributed by atoms with Crippen molar-refractivity contribution >= 4 is 5.78 Å². The summed E-state index contributed by atoms with van der Waals surface area (Å²) in [6.07, 6.45) is 9.35. The number of likely N-dealkylation sites (tertiary alicyclic amines) is 1. The molecule has 1 saturated heterocycles. The summed E-state index contributed by atoms with van der Waals surface area (Å²) in [7, 11) is 3.36. The number of ether oxygens (including phenoxy) is 3. The molecule has 5 nitrogen and oxygen atoms in total. The molecule has 0 aromatic heterocycles. The van der Waals surface area contributed by atoms with Crippen molar-refractivity contribution in [1.29, 1.82) is 0 Å². The Morgan fingerprint density at radius 3 is 2.83 bits per heavy atom. The lowest BCUT2D eigenvalue weighted by atomic mass is 9.38. The van der Waals surface area contributed by atoms with Gasteiger partial charge in [0.25, 0.3) is 0 Å². The van der Waals surface area contributed by atoms with Gasteiger partial charge in [-0.25, -0.2) is 0 Å². The van der Waals surface area contributed by atoms with Gasteiger partial charge in [0.05, 0.1) is 12.5 Å². The van der Waals surface area contributed by atoms with E-state index in [0.29, 0.717) is 12.5 Å². The lowest BCUT2D eigenvalue weighted by molar-refractivity contribution is -0.193. The molecule has 5 aliphatic carbocycles. The summed E-state index contributed by atoms with van der Waals surface area (Å²) in [6.45, 7) is 2.24. The molecule has 5 heteroatoms. The summed E-state index contributed by atoms with van der Waals surface area (Å²) in [5, 5.41) is 0. The molecular weight excluding hydrogens is 366 g/mol. The second-order valence-corrected chi connectivity index (χ2v) is 9.98. The maximum atomic E-state index is 13.5. The highest BCUT2D eigenvalue weighted by Gasteiger charge is 2.79. The molecular formula is C24H27NO4. The minimum Gasteiger partial charge on any atom is -0.493 e. The van der Waals surface area contributed by atoms with E-state index in [1.807, 2.05) is 12.1 Å². The summed E-state index contributed by atoms with van der Waals surface area (Å²) in [4.78, 5) is 16.2. The summed E-state index contributed by atoms with van der Waals surface area (Å²) >= 11 is 0. The van der Waals surface area contributed by atoms with Crippen LogP contribution in [0.5, 0.6) is 11.5 Å². The van der Waals surface area contributed by atoms with Crippen molar-refractivity contribution in [3.8, 4) is 11.5 Å². The normalized spacial score (nSPS) is 43.3. The van der Waals surface area contributed by atoms with Crippen LogP contribution in [0, 0.1) is 11.3 Å². The number of methoxy groups -OCH3 is 2. The first kappa shape index (κ1) is 16.9. The minimum absolute atomic E-state index is 0.177. The van der Waals surface area contributed by atoms with Crippen molar-refractivity contribution in [1.82, 2.24) is 4.90 Å². The number of ketones is 1. The van der Waals surface area contributed by atoms with E-state index in [-0.39, 0.29) is 22.7 Å². The van der Waals surface area contributed by atoms with Crippen LogP contribution in [0.3, 0.4) is 0 Å². The van der Waals surface area contributed by atoms with Crippen molar-refractivity contribution in [2.24, 2.45) is 11.3 Å². The number of fused-ring (bicyclic) bond motifs is 1. The number of nitrogens with zero attached hydrogens (tertiary/aromatic N) is 1. The average Bonchev–Trinajstić information content (AvgIpc) is 3.47. The molecule has 29 heavy (non-hydrogen) atoms. The minimum atomic E-state index is -0.983. The molecule has 2 heterocycles. The standard InChI is InChI=1S/C24H27NO4/c1-27-16-6-5-15-11-17-22-7-8-24(28-2,18(26)12-22)21-23(22,19(15)20(16)29-21)9-10-25(17)13-14-3-4-14/h5-8,14,17,21H,3-4,9-13H2,1-2H3/t17?,21?,22-,23?,24-/m1/s1. The number of hydrogen-bond donors (Lipinski definition) is 0. The molecule has 5 atom stereocenters. The molecule has 152 valence electrons. The monoisotopic (exact) mass is 393 g/mol.